The SMILES string of the molecule is CCC(N)(CC)c1nc(-c2ccc(Cl)cc2)no1. The van der Waals surface area contributed by atoms with Crippen LogP contribution in [0.1, 0.15) is 32.6 Å². The molecule has 0 unspecified atom stereocenters. The molecule has 1 aromatic heterocycles. The fourth-order valence-electron chi connectivity index (χ4n) is 1.69. The van der Waals surface area contributed by atoms with Gasteiger partial charge in [-0.15, -0.1) is 0 Å². The summed E-state index contributed by atoms with van der Waals surface area (Å²) < 4.78 is 5.28. The molecule has 4 nitrogen and oxygen atoms in total. The fraction of sp³-hybridized carbons (Fsp3) is 0.385. The van der Waals surface area contributed by atoms with Crippen molar-refractivity contribution in [3.8, 4) is 11.4 Å². The summed E-state index contributed by atoms with van der Waals surface area (Å²) >= 11 is 5.84. The van der Waals surface area contributed by atoms with E-state index in [4.69, 9.17) is 21.9 Å². The first-order valence-corrected chi connectivity index (χ1v) is 6.36. The summed E-state index contributed by atoms with van der Waals surface area (Å²) in [5, 5.41) is 4.65. The van der Waals surface area contributed by atoms with Gasteiger partial charge in [-0.05, 0) is 37.1 Å². The van der Waals surface area contributed by atoms with Crippen LogP contribution in [-0.2, 0) is 5.54 Å². The van der Waals surface area contributed by atoms with Gasteiger partial charge in [-0.25, -0.2) is 0 Å². The fourth-order valence-corrected chi connectivity index (χ4v) is 1.82. The number of aromatic nitrogens is 2. The summed E-state index contributed by atoms with van der Waals surface area (Å²) in [4.78, 5) is 4.38. The predicted molar refractivity (Wildman–Crippen MR) is 71.2 cm³/mol. The van der Waals surface area contributed by atoms with Gasteiger partial charge >= 0.3 is 0 Å². The molecule has 2 N–H and O–H groups in total. The van der Waals surface area contributed by atoms with Gasteiger partial charge in [0.05, 0.1) is 5.54 Å². The van der Waals surface area contributed by atoms with Crippen LogP contribution in [0.25, 0.3) is 11.4 Å². The van der Waals surface area contributed by atoms with Gasteiger partial charge in [-0.1, -0.05) is 30.6 Å². The molecule has 2 rings (SSSR count). The largest absolute Gasteiger partial charge is 0.337 e. The molecule has 5 heteroatoms. The van der Waals surface area contributed by atoms with E-state index in [1.807, 2.05) is 26.0 Å². The van der Waals surface area contributed by atoms with Crippen LogP contribution in [0.15, 0.2) is 28.8 Å². The number of rotatable bonds is 4. The summed E-state index contributed by atoms with van der Waals surface area (Å²) in [6.45, 7) is 4.02. The van der Waals surface area contributed by atoms with E-state index in [0.29, 0.717) is 16.7 Å². The maximum absolute atomic E-state index is 6.22. The Labute approximate surface area is 111 Å². The molecule has 1 heterocycles. The van der Waals surface area contributed by atoms with Gasteiger partial charge in [0.15, 0.2) is 0 Å². The van der Waals surface area contributed by atoms with Crippen LogP contribution in [0.5, 0.6) is 0 Å². The van der Waals surface area contributed by atoms with E-state index in [0.717, 1.165) is 18.4 Å². The van der Waals surface area contributed by atoms with Crippen molar-refractivity contribution in [1.29, 1.82) is 0 Å². The van der Waals surface area contributed by atoms with Crippen LogP contribution in [0.4, 0.5) is 0 Å². The van der Waals surface area contributed by atoms with Gasteiger partial charge in [0.2, 0.25) is 11.7 Å². The average molecular weight is 266 g/mol. The van der Waals surface area contributed by atoms with E-state index in [1.54, 1.807) is 12.1 Å². The number of benzene rings is 1. The molecule has 0 amide bonds. The van der Waals surface area contributed by atoms with Gasteiger partial charge in [-0.2, -0.15) is 4.98 Å². The summed E-state index contributed by atoms with van der Waals surface area (Å²) in [7, 11) is 0. The van der Waals surface area contributed by atoms with Crippen LogP contribution < -0.4 is 5.73 Å². The third-order valence-corrected chi connectivity index (χ3v) is 3.47. The molecule has 0 saturated heterocycles. The lowest BCUT2D eigenvalue weighted by Crippen LogP contribution is -2.35. The highest BCUT2D eigenvalue weighted by Gasteiger charge is 2.30. The Kier molecular flexibility index (Phi) is 3.68. The minimum absolute atomic E-state index is 0.484. The summed E-state index contributed by atoms with van der Waals surface area (Å²) in [5.41, 5.74) is 6.54. The molecule has 0 bridgehead atoms. The van der Waals surface area contributed by atoms with Gasteiger partial charge in [0.25, 0.3) is 0 Å². The highest BCUT2D eigenvalue weighted by atomic mass is 35.5. The number of hydrogen-bond acceptors (Lipinski definition) is 4. The van der Waals surface area contributed by atoms with Gasteiger partial charge in [-0.3, -0.25) is 0 Å². The summed E-state index contributed by atoms with van der Waals surface area (Å²) in [6.07, 6.45) is 1.51. The van der Waals surface area contributed by atoms with Crippen molar-refractivity contribution in [2.24, 2.45) is 5.73 Å². The van der Waals surface area contributed by atoms with Crippen LogP contribution in [0.3, 0.4) is 0 Å². The topological polar surface area (TPSA) is 64.9 Å². The third-order valence-electron chi connectivity index (χ3n) is 3.22. The van der Waals surface area contributed by atoms with Gasteiger partial charge < -0.3 is 10.3 Å². The molecule has 0 radical (unpaired) electrons. The first kappa shape index (κ1) is 13.1. The first-order chi connectivity index (χ1) is 8.59. The standard InChI is InChI=1S/C13H16ClN3O/c1-3-13(15,4-2)12-16-11(17-18-12)9-5-7-10(14)8-6-9/h5-8H,3-4,15H2,1-2H3. The van der Waals surface area contributed by atoms with Gasteiger partial charge in [0, 0.05) is 10.6 Å². The van der Waals surface area contributed by atoms with Crippen molar-refractivity contribution in [3.63, 3.8) is 0 Å². The second-order valence-corrected chi connectivity index (χ2v) is 4.73. The number of hydrogen-bond donors (Lipinski definition) is 1. The molecular formula is C13H16ClN3O. The quantitative estimate of drug-likeness (QED) is 0.921. The van der Waals surface area contributed by atoms with Crippen molar-refractivity contribution in [3.05, 3.63) is 35.2 Å². The molecule has 0 aliphatic rings. The molecule has 0 atom stereocenters. The highest BCUT2D eigenvalue weighted by molar-refractivity contribution is 6.30. The first-order valence-electron chi connectivity index (χ1n) is 5.98. The Balaban J connectivity index is 2.33. The van der Waals surface area contributed by atoms with E-state index in [-0.39, 0.29) is 0 Å². The van der Waals surface area contributed by atoms with Crippen molar-refractivity contribution in [1.82, 2.24) is 10.1 Å². The molecular weight excluding hydrogens is 250 g/mol. The molecule has 0 saturated carbocycles. The van der Waals surface area contributed by atoms with Crippen LogP contribution in [0.2, 0.25) is 5.02 Å². The van der Waals surface area contributed by atoms with Gasteiger partial charge in [0.1, 0.15) is 0 Å². The monoisotopic (exact) mass is 265 g/mol. The van der Waals surface area contributed by atoms with E-state index >= 15 is 0 Å². The number of nitrogens with two attached hydrogens (primary N) is 1. The lowest BCUT2D eigenvalue weighted by atomic mass is 9.94. The zero-order chi connectivity index (χ0) is 13.2. The molecule has 18 heavy (non-hydrogen) atoms. The second-order valence-electron chi connectivity index (χ2n) is 4.29. The van der Waals surface area contributed by atoms with E-state index in [1.165, 1.54) is 0 Å². The van der Waals surface area contributed by atoms with E-state index in [9.17, 15) is 0 Å². The normalized spacial score (nSPS) is 11.8. The van der Waals surface area contributed by atoms with Crippen LogP contribution in [0, 0.1) is 0 Å². The van der Waals surface area contributed by atoms with Crippen molar-refractivity contribution in [2.75, 3.05) is 0 Å². The highest BCUT2D eigenvalue weighted by Crippen LogP contribution is 2.26. The minimum atomic E-state index is -0.544. The van der Waals surface area contributed by atoms with E-state index in [2.05, 4.69) is 10.1 Å². The van der Waals surface area contributed by atoms with Crippen molar-refractivity contribution in [2.45, 2.75) is 32.2 Å². The molecule has 0 spiro atoms. The van der Waals surface area contributed by atoms with Crippen molar-refractivity contribution < 1.29 is 4.52 Å². The Morgan fingerprint density at radius 1 is 1.22 bits per heavy atom. The number of halogens is 1. The molecule has 0 fully saturated rings. The zero-order valence-electron chi connectivity index (χ0n) is 10.5. The Hall–Kier alpha value is -1.39. The number of nitrogens with zero attached hydrogens (tertiary/aromatic N) is 2. The lowest BCUT2D eigenvalue weighted by molar-refractivity contribution is 0.268. The zero-order valence-corrected chi connectivity index (χ0v) is 11.2. The minimum Gasteiger partial charge on any atom is -0.337 e. The maximum atomic E-state index is 6.22. The van der Waals surface area contributed by atoms with Crippen molar-refractivity contribution >= 4 is 11.6 Å². The summed E-state index contributed by atoms with van der Waals surface area (Å²) in [5.74, 6) is 1.02. The molecule has 0 aliphatic heterocycles. The molecule has 96 valence electrons. The Morgan fingerprint density at radius 3 is 2.39 bits per heavy atom. The predicted octanol–water partition coefficient (Wildman–Crippen LogP) is 3.36. The van der Waals surface area contributed by atoms with E-state index < -0.39 is 5.54 Å². The Morgan fingerprint density at radius 2 is 1.83 bits per heavy atom. The Bertz CT molecular complexity index is 517. The maximum Gasteiger partial charge on any atom is 0.247 e. The summed E-state index contributed by atoms with van der Waals surface area (Å²) in [6, 6.07) is 7.30. The lowest BCUT2D eigenvalue weighted by Gasteiger charge is -2.20. The third kappa shape index (κ3) is 2.40. The average Bonchev–Trinajstić information content (AvgIpc) is 2.89. The van der Waals surface area contributed by atoms with Crippen LogP contribution in [-0.4, -0.2) is 10.1 Å². The molecule has 0 aliphatic carbocycles. The smallest absolute Gasteiger partial charge is 0.247 e. The molecule has 1 aromatic carbocycles. The second kappa shape index (κ2) is 5.08. The molecule has 2 aromatic rings. The van der Waals surface area contributed by atoms with Crippen LogP contribution >= 0.6 is 11.6 Å².